The van der Waals surface area contributed by atoms with Gasteiger partial charge in [-0.3, -0.25) is 9.59 Å². The Kier molecular flexibility index (Phi) is 8.76. The molecule has 1 saturated carbocycles. The van der Waals surface area contributed by atoms with Gasteiger partial charge >= 0.3 is 0 Å². The van der Waals surface area contributed by atoms with Crippen molar-refractivity contribution in [2.45, 2.75) is 57.7 Å². The second-order valence-electron chi connectivity index (χ2n) is 7.96. The predicted octanol–water partition coefficient (Wildman–Crippen LogP) is 5.38. The van der Waals surface area contributed by atoms with Gasteiger partial charge in [-0.05, 0) is 44.0 Å². The Bertz CT molecular complexity index is 930. The van der Waals surface area contributed by atoms with Crippen LogP contribution in [-0.4, -0.2) is 35.4 Å². The largest absolute Gasteiger partial charge is 0.481 e. The van der Waals surface area contributed by atoms with Crippen LogP contribution in [0.5, 0.6) is 5.75 Å². The number of amides is 2. The molecule has 1 fully saturated rings. The van der Waals surface area contributed by atoms with E-state index in [-0.39, 0.29) is 24.2 Å². The highest BCUT2D eigenvalue weighted by Gasteiger charge is 2.29. The first kappa shape index (κ1) is 24.3. The van der Waals surface area contributed by atoms with Crippen molar-refractivity contribution in [1.82, 2.24) is 10.2 Å². The minimum atomic E-state index is -0.791. The zero-order valence-electron chi connectivity index (χ0n) is 18.0. The maximum Gasteiger partial charge on any atom is 0.261 e. The Morgan fingerprint density at radius 3 is 2.41 bits per heavy atom. The number of para-hydroxylation sites is 1. The Hall–Kier alpha value is -2.31. The van der Waals surface area contributed by atoms with Crippen LogP contribution in [0.4, 0.5) is 4.39 Å². The van der Waals surface area contributed by atoms with Gasteiger partial charge in [-0.1, -0.05) is 60.7 Å². The van der Waals surface area contributed by atoms with Gasteiger partial charge in [0.25, 0.3) is 5.91 Å². The average Bonchev–Trinajstić information content (AvgIpc) is 2.78. The lowest BCUT2D eigenvalue weighted by molar-refractivity contribution is -0.142. The summed E-state index contributed by atoms with van der Waals surface area (Å²) in [6.45, 7) is 1.26. The SMILES string of the molecule is C[C@H](C(=O)NC1CCCCC1)N(Cc1c(Cl)cccc1Cl)C(=O)COc1ccccc1F. The molecule has 3 rings (SSSR count). The zero-order chi connectivity index (χ0) is 23.1. The summed E-state index contributed by atoms with van der Waals surface area (Å²) in [7, 11) is 0. The summed E-state index contributed by atoms with van der Waals surface area (Å²) in [5.41, 5.74) is 0.535. The van der Waals surface area contributed by atoms with Crippen LogP contribution < -0.4 is 10.1 Å². The minimum Gasteiger partial charge on any atom is -0.481 e. The molecular weight excluding hydrogens is 454 g/mol. The number of hydrogen-bond acceptors (Lipinski definition) is 3. The summed E-state index contributed by atoms with van der Waals surface area (Å²) < 4.78 is 19.3. The van der Waals surface area contributed by atoms with E-state index in [2.05, 4.69) is 5.32 Å². The van der Waals surface area contributed by atoms with Gasteiger partial charge in [0.15, 0.2) is 18.2 Å². The molecule has 0 aromatic heterocycles. The summed E-state index contributed by atoms with van der Waals surface area (Å²) in [5.74, 6) is -1.32. The number of nitrogens with zero attached hydrogens (tertiary/aromatic N) is 1. The van der Waals surface area contributed by atoms with E-state index in [0.717, 1.165) is 25.7 Å². The number of rotatable bonds is 8. The Labute approximate surface area is 197 Å². The molecule has 0 bridgehead atoms. The number of benzene rings is 2. The molecule has 2 aromatic rings. The standard InChI is InChI=1S/C24H27Cl2FN2O3/c1-16(24(31)28-17-8-3-2-4-9-17)29(14-18-19(25)10-7-11-20(18)26)23(30)15-32-22-13-6-5-12-21(22)27/h5-7,10-13,16-17H,2-4,8-9,14-15H2,1H3,(H,28,31)/t16-/m1/s1. The predicted molar refractivity (Wildman–Crippen MR) is 123 cm³/mol. The maximum absolute atomic E-state index is 13.9. The van der Waals surface area contributed by atoms with E-state index in [0.29, 0.717) is 15.6 Å². The molecule has 2 aromatic carbocycles. The van der Waals surface area contributed by atoms with E-state index in [1.54, 1.807) is 31.2 Å². The maximum atomic E-state index is 13.9. The molecule has 8 heteroatoms. The second-order valence-corrected chi connectivity index (χ2v) is 8.77. The summed E-state index contributed by atoms with van der Waals surface area (Å²) in [6.07, 6.45) is 5.19. The first-order valence-electron chi connectivity index (χ1n) is 10.8. The topological polar surface area (TPSA) is 58.6 Å². The molecule has 1 atom stereocenters. The normalized spacial score (nSPS) is 15.1. The molecule has 2 amide bonds. The van der Waals surface area contributed by atoms with E-state index in [1.807, 2.05) is 0 Å². The van der Waals surface area contributed by atoms with Crippen LogP contribution in [0.25, 0.3) is 0 Å². The smallest absolute Gasteiger partial charge is 0.261 e. The van der Waals surface area contributed by atoms with E-state index in [1.165, 1.54) is 29.5 Å². The van der Waals surface area contributed by atoms with Gasteiger partial charge in [-0.15, -0.1) is 0 Å². The lowest BCUT2D eigenvalue weighted by atomic mass is 9.95. The van der Waals surface area contributed by atoms with Crippen molar-refractivity contribution in [1.29, 1.82) is 0 Å². The van der Waals surface area contributed by atoms with Crippen molar-refractivity contribution in [3.8, 4) is 5.75 Å². The van der Waals surface area contributed by atoms with Crippen LogP contribution in [0.15, 0.2) is 42.5 Å². The van der Waals surface area contributed by atoms with Crippen LogP contribution in [-0.2, 0) is 16.1 Å². The van der Waals surface area contributed by atoms with Crippen molar-refractivity contribution < 1.29 is 18.7 Å². The number of carbonyl (C=O) groups is 2. The van der Waals surface area contributed by atoms with Crippen molar-refractivity contribution in [3.05, 3.63) is 63.9 Å². The van der Waals surface area contributed by atoms with Gasteiger partial charge in [0, 0.05) is 28.2 Å². The zero-order valence-corrected chi connectivity index (χ0v) is 19.5. The average molecular weight is 481 g/mol. The van der Waals surface area contributed by atoms with Gasteiger partial charge in [0.1, 0.15) is 6.04 Å². The van der Waals surface area contributed by atoms with Gasteiger partial charge in [-0.2, -0.15) is 0 Å². The first-order chi connectivity index (χ1) is 15.4. The van der Waals surface area contributed by atoms with E-state index in [4.69, 9.17) is 27.9 Å². The molecule has 0 saturated heterocycles. The summed E-state index contributed by atoms with van der Waals surface area (Å²) in [4.78, 5) is 27.4. The highest BCUT2D eigenvalue weighted by atomic mass is 35.5. The molecule has 32 heavy (non-hydrogen) atoms. The highest BCUT2D eigenvalue weighted by molar-refractivity contribution is 6.36. The second kappa shape index (κ2) is 11.5. The fourth-order valence-electron chi connectivity index (χ4n) is 3.79. The monoisotopic (exact) mass is 480 g/mol. The summed E-state index contributed by atoms with van der Waals surface area (Å²) in [5, 5.41) is 3.84. The molecule has 0 heterocycles. The molecule has 5 nitrogen and oxygen atoms in total. The highest BCUT2D eigenvalue weighted by Crippen LogP contribution is 2.27. The van der Waals surface area contributed by atoms with E-state index in [9.17, 15) is 14.0 Å². The number of nitrogens with one attached hydrogen (secondary N) is 1. The number of hydrogen-bond donors (Lipinski definition) is 1. The number of ether oxygens (including phenoxy) is 1. The van der Waals surface area contributed by atoms with Gasteiger partial charge in [0.05, 0.1) is 0 Å². The third-order valence-corrected chi connectivity index (χ3v) is 6.41. The Morgan fingerprint density at radius 2 is 1.75 bits per heavy atom. The van der Waals surface area contributed by atoms with Crippen LogP contribution in [0.2, 0.25) is 10.0 Å². The Balaban J connectivity index is 1.77. The summed E-state index contributed by atoms with van der Waals surface area (Å²) >= 11 is 12.6. The Morgan fingerprint density at radius 1 is 1.09 bits per heavy atom. The lowest BCUT2D eigenvalue weighted by Gasteiger charge is -2.31. The quantitative estimate of drug-likeness (QED) is 0.551. The van der Waals surface area contributed by atoms with Crippen molar-refractivity contribution in [3.63, 3.8) is 0 Å². The third-order valence-electron chi connectivity index (χ3n) is 5.70. The molecule has 1 aliphatic rings. The lowest BCUT2D eigenvalue weighted by Crippen LogP contribution is -2.51. The molecule has 1 N–H and O–H groups in total. The van der Waals surface area contributed by atoms with Gasteiger partial charge in [0.2, 0.25) is 5.91 Å². The van der Waals surface area contributed by atoms with Gasteiger partial charge in [-0.25, -0.2) is 4.39 Å². The fraction of sp³-hybridized carbons (Fsp3) is 0.417. The number of carbonyl (C=O) groups excluding carboxylic acids is 2. The minimum absolute atomic E-state index is 0.0250. The molecule has 0 aliphatic heterocycles. The third kappa shape index (κ3) is 6.36. The van der Waals surface area contributed by atoms with Crippen LogP contribution in [0.1, 0.15) is 44.6 Å². The van der Waals surface area contributed by atoms with E-state index >= 15 is 0 Å². The molecule has 1 aliphatic carbocycles. The molecule has 0 radical (unpaired) electrons. The van der Waals surface area contributed by atoms with Crippen molar-refractivity contribution >= 4 is 35.0 Å². The van der Waals surface area contributed by atoms with Crippen LogP contribution in [0, 0.1) is 5.82 Å². The van der Waals surface area contributed by atoms with Crippen LogP contribution >= 0.6 is 23.2 Å². The summed E-state index contributed by atoms with van der Waals surface area (Å²) in [6, 6.07) is 10.2. The molecule has 0 spiro atoms. The first-order valence-corrected chi connectivity index (χ1v) is 11.5. The fourth-order valence-corrected chi connectivity index (χ4v) is 4.31. The van der Waals surface area contributed by atoms with E-state index < -0.39 is 24.4 Å². The van der Waals surface area contributed by atoms with Crippen molar-refractivity contribution in [2.24, 2.45) is 0 Å². The molecular formula is C24H27Cl2FN2O3. The molecule has 0 unspecified atom stereocenters. The van der Waals surface area contributed by atoms with Crippen LogP contribution in [0.3, 0.4) is 0 Å². The number of halogens is 3. The van der Waals surface area contributed by atoms with Gasteiger partial charge < -0.3 is 15.0 Å². The van der Waals surface area contributed by atoms with Crippen molar-refractivity contribution in [2.75, 3.05) is 6.61 Å². The molecule has 172 valence electrons.